The molecule has 200 valence electrons. The third kappa shape index (κ3) is 3.59. The summed E-state index contributed by atoms with van der Waals surface area (Å²) in [6, 6.07) is 11.2. The molecule has 2 atom stereocenters. The standard InChI is InChI=1S/C30H31FN6O2/c31-24-26(20-12-18(38)11-17-5-1-2-6-19(17)20)33-13-21-27(24)34-29(35-28(21)36-14-22-23(15-36)25(22)32)39-16-30-7-3-9-37(30)10-4-8-30/h1-2,5-6,11-13,22-23,25,38H,3-4,7-10,14-16,32H2. The van der Waals surface area contributed by atoms with Gasteiger partial charge in [0.05, 0.1) is 10.9 Å². The van der Waals surface area contributed by atoms with Crippen LogP contribution in [0.4, 0.5) is 10.2 Å². The molecule has 4 fully saturated rings. The van der Waals surface area contributed by atoms with Gasteiger partial charge in [0.1, 0.15) is 29.4 Å². The topological polar surface area (TPSA) is 101 Å². The molecule has 5 heterocycles. The van der Waals surface area contributed by atoms with Crippen molar-refractivity contribution in [3.05, 3.63) is 48.4 Å². The van der Waals surface area contributed by atoms with E-state index >= 15 is 4.39 Å². The molecule has 2 aromatic carbocycles. The van der Waals surface area contributed by atoms with Gasteiger partial charge >= 0.3 is 6.01 Å². The molecule has 4 aromatic rings. The third-order valence-electron chi connectivity index (χ3n) is 9.59. The minimum Gasteiger partial charge on any atom is -0.508 e. The molecule has 39 heavy (non-hydrogen) atoms. The highest BCUT2D eigenvalue weighted by Gasteiger charge is 2.54. The number of nitrogens with two attached hydrogens (primary N) is 1. The van der Waals surface area contributed by atoms with Crippen LogP contribution in [0.15, 0.2) is 42.6 Å². The zero-order chi connectivity index (χ0) is 26.3. The van der Waals surface area contributed by atoms with E-state index in [4.69, 9.17) is 15.5 Å². The summed E-state index contributed by atoms with van der Waals surface area (Å²) in [7, 11) is 0. The van der Waals surface area contributed by atoms with Crippen LogP contribution < -0.4 is 15.4 Å². The van der Waals surface area contributed by atoms with Gasteiger partial charge in [-0.1, -0.05) is 24.3 Å². The predicted molar refractivity (Wildman–Crippen MR) is 147 cm³/mol. The van der Waals surface area contributed by atoms with E-state index in [-0.39, 0.29) is 34.6 Å². The number of rotatable bonds is 5. The molecule has 3 N–H and O–H groups in total. The lowest BCUT2D eigenvalue weighted by Crippen LogP contribution is -2.43. The van der Waals surface area contributed by atoms with Crippen molar-refractivity contribution in [3.63, 3.8) is 0 Å². The molecule has 2 unspecified atom stereocenters. The maximum Gasteiger partial charge on any atom is 0.319 e. The van der Waals surface area contributed by atoms with Crippen LogP contribution in [0.25, 0.3) is 32.9 Å². The van der Waals surface area contributed by atoms with Crippen molar-refractivity contribution >= 4 is 27.5 Å². The Bertz CT molecular complexity index is 1610. The Kier molecular flexibility index (Phi) is 5.07. The number of phenols is 1. The van der Waals surface area contributed by atoms with Gasteiger partial charge < -0.3 is 20.5 Å². The Morgan fingerprint density at radius 3 is 2.62 bits per heavy atom. The van der Waals surface area contributed by atoms with E-state index in [1.165, 1.54) is 12.8 Å². The molecule has 9 heteroatoms. The number of anilines is 1. The number of nitrogens with zero attached hydrogens (tertiary/aromatic N) is 5. The zero-order valence-electron chi connectivity index (χ0n) is 21.7. The number of fused-ring (bicyclic) bond motifs is 4. The normalized spacial score (nSPS) is 25.4. The lowest BCUT2D eigenvalue weighted by atomic mass is 9.95. The van der Waals surface area contributed by atoms with E-state index in [2.05, 4.69) is 19.8 Å². The molecule has 0 spiro atoms. The van der Waals surface area contributed by atoms with Crippen LogP contribution in [0.2, 0.25) is 0 Å². The number of pyridine rings is 1. The second kappa shape index (κ2) is 8.47. The molecule has 8 rings (SSSR count). The maximum absolute atomic E-state index is 16.4. The molecular formula is C30H31FN6O2. The first-order chi connectivity index (χ1) is 19.0. The van der Waals surface area contributed by atoms with Crippen molar-refractivity contribution in [1.82, 2.24) is 19.9 Å². The molecule has 4 aliphatic rings. The van der Waals surface area contributed by atoms with Crippen LogP contribution in [0.5, 0.6) is 11.8 Å². The van der Waals surface area contributed by atoms with Gasteiger partial charge in [0.2, 0.25) is 0 Å². The summed E-state index contributed by atoms with van der Waals surface area (Å²) in [6.07, 6.45) is 6.21. The van der Waals surface area contributed by atoms with Gasteiger partial charge in [-0.3, -0.25) is 9.88 Å². The molecule has 1 saturated carbocycles. The molecule has 3 saturated heterocycles. The number of halogens is 1. The first kappa shape index (κ1) is 23.3. The minimum absolute atomic E-state index is 0.0307. The van der Waals surface area contributed by atoms with Crippen LogP contribution in [0.3, 0.4) is 0 Å². The lowest BCUT2D eigenvalue weighted by Gasteiger charge is -2.31. The van der Waals surface area contributed by atoms with Gasteiger partial charge in [-0.15, -0.1) is 0 Å². The molecule has 0 radical (unpaired) electrons. The Balaban J connectivity index is 1.24. The highest BCUT2D eigenvalue weighted by atomic mass is 19.1. The summed E-state index contributed by atoms with van der Waals surface area (Å²) in [5.74, 6) is 1.06. The Morgan fingerprint density at radius 1 is 1.05 bits per heavy atom. The number of aromatic nitrogens is 3. The van der Waals surface area contributed by atoms with Crippen LogP contribution >= 0.6 is 0 Å². The molecule has 3 aliphatic heterocycles. The number of phenolic OH excluding ortho intramolecular Hbond substituents is 1. The highest BCUT2D eigenvalue weighted by Crippen LogP contribution is 2.47. The quantitative estimate of drug-likeness (QED) is 0.401. The summed E-state index contributed by atoms with van der Waals surface area (Å²) in [5, 5.41) is 12.6. The van der Waals surface area contributed by atoms with Crippen molar-refractivity contribution in [1.29, 1.82) is 0 Å². The second-order valence-corrected chi connectivity index (χ2v) is 11.7. The van der Waals surface area contributed by atoms with Crippen molar-refractivity contribution in [2.24, 2.45) is 17.6 Å². The van der Waals surface area contributed by atoms with Gasteiger partial charge in [0, 0.05) is 30.9 Å². The fourth-order valence-electron chi connectivity index (χ4n) is 7.41. The average molecular weight is 527 g/mol. The number of hydrogen-bond donors (Lipinski definition) is 2. The highest BCUT2D eigenvalue weighted by molar-refractivity contribution is 5.99. The van der Waals surface area contributed by atoms with Crippen molar-refractivity contribution in [2.75, 3.05) is 37.7 Å². The largest absolute Gasteiger partial charge is 0.508 e. The van der Waals surface area contributed by atoms with Crippen LogP contribution in [-0.2, 0) is 0 Å². The average Bonchev–Trinajstić information content (AvgIpc) is 3.38. The summed E-state index contributed by atoms with van der Waals surface area (Å²) >= 11 is 0. The van der Waals surface area contributed by atoms with Crippen LogP contribution in [0, 0.1) is 17.7 Å². The van der Waals surface area contributed by atoms with Crippen molar-refractivity contribution in [3.8, 4) is 23.0 Å². The van der Waals surface area contributed by atoms with E-state index < -0.39 is 5.82 Å². The Labute approximate surface area is 225 Å². The second-order valence-electron chi connectivity index (χ2n) is 11.7. The fraction of sp³-hybridized carbons (Fsp3) is 0.433. The van der Waals surface area contributed by atoms with Gasteiger partial charge in [-0.25, -0.2) is 4.39 Å². The van der Waals surface area contributed by atoms with Crippen LogP contribution in [0.1, 0.15) is 25.7 Å². The monoisotopic (exact) mass is 526 g/mol. The number of piperidine rings is 1. The Hall–Kier alpha value is -3.56. The van der Waals surface area contributed by atoms with E-state index in [1.807, 2.05) is 24.3 Å². The number of aromatic hydroxyl groups is 1. The SMILES string of the molecule is NC1C2CN(c3nc(OCC45CCCN4CCC5)nc4c(F)c(-c5cc(O)cc6ccccc56)ncc34)CC12. The van der Waals surface area contributed by atoms with E-state index in [0.717, 1.165) is 49.8 Å². The molecule has 2 aromatic heterocycles. The van der Waals surface area contributed by atoms with E-state index in [1.54, 1.807) is 18.3 Å². The van der Waals surface area contributed by atoms with E-state index in [0.29, 0.717) is 35.2 Å². The number of hydrogen-bond acceptors (Lipinski definition) is 8. The van der Waals surface area contributed by atoms with Crippen molar-refractivity contribution in [2.45, 2.75) is 37.3 Å². The third-order valence-corrected chi connectivity index (χ3v) is 9.59. The molecule has 8 nitrogen and oxygen atoms in total. The number of ether oxygens (including phenoxy) is 1. The molecule has 1 aliphatic carbocycles. The van der Waals surface area contributed by atoms with Gasteiger partial charge in [-0.2, -0.15) is 9.97 Å². The summed E-state index contributed by atoms with van der Waals surface area (Å²) < 4.78 is 22.7. The molecule has 0 amide bonds. The first-order valence-electron chi connectivity index (χ1n) is 14.0. The zero-order valence-corrected chi connectivity index (χ0v) is 21.7. The predicted octanol–water partition coefficient (Wildman–Crippen LogP) is 4.09. The lowest BCUT2D eigenvalue weighted by molar-refractivity contribution is 0.108. The van der Waals surface area contributed by atoms with Gasteiger partial charge in [0.15, 0.2) is 5.82 Å². The van der Waals surface area contributed by atoms with Crippen molar-refractivity contribution < 1.29 is 14.2 Å². The minimum atomic E-state index is -0.542. The van der Waals surface area contributed by atoms with Gasteiger partial charge in [-0.05, 0) is 73.5 Å². The fourth-order valence-corrected chi connectivity index (χ4v) is 7.41. The van der Waals surface area contributed by atoms with Gasteiger partial charge in [0.25, 0.3) is 0 Å². The first-order valence-corrected chi connectivity index (χ1v) is 14.0. The van der Waals surface area contributed by atoms with Crippen LogP contribution in [-0.4, -0.2) is 69.3 Å². The smallest absolute Gasteiger partial charge is 0.319 e. The van der Waals surface area contributed by atoms with E-state index in [9.17, 15) is 5.11 Å². The molecule has 0 bridgehead atoms. The summed E-state index contributed by atoms with van der Waals surface area (Å²) in [4.78, 5) is 18.7. The summed E-state index contributed by atoms with van der Waals surface area (Å²) in [6.45, 7) is 4.28. The molecular weight excluding hydrogens is 495 g/mol. The number of benzene rings is 2. The Morgan fingerprint density at radius 2 is 1.82 bits per heavy atom. The summed E-state index contributed by atoms with van der Waals surface area (Å²) in [5.41, 5.74) is 7.09. The maximum atomic E-state index is 16.4.